The summed E-state index contributed by atoms with van der Waals surface area (Å²) in [5, 5.41) is 7.38. The maximum Gasteiger partial charge on any atom is 0.255 e. The molecule has 6 N–H and O–H groups in total. The lowest BCUT2D eigenvalue weighted by Gasteiger charge is -2.08. The predicted molar refractivity (Wildman–Crippen MR) is 67.0 cm³/mol. The van der Waals surface area contributed by atoms with Gasteiger partial charge in [-0.2, -0.15) is 0 Å². The number of nitrogen functional groups attached to an aromatic ring is 1. The lowest BCUT2D eigenvalue weighted by Crippen LogP contribution is -2.28. The Morgan fingerprint density at radius 2 is 2.17 bits per heavy atom. The van der Waals surface area contributed by atoms with E-state index < -0.39 is 10.0 Å². The maximum absolute atomic E-state index is 11.7. The minimum Gasteiger partial charge on any atom is -0.352 e. The largest absolute Gasteiger partial charge is 0.352 e. The van der Waals surface area contributed by atoms with Gasteiger partial charge < -0.3 is 10.7 Å². The molecule has 1 rings (SSSR count). The van der Waals surface area contributed by atoms with Gasteiger partial charge in [0.25, 0.3) is 5.91 Å². The van der Waals surface area contributed by atoms with Gasteiger partial charge in [0.05, 0.1) is 11.3 Å². The van der Waals surface area contributed by atoms with Crippen molar-refractivity contribution in [3.05, 3.63) is 23.9 Å². The number of hydrogen-bond acceptors (Lipinski definition) is 6. The number of hydrazine groups is 1. The second kappa shape index (κ2) is 6.28. The molecule has 0 saturated carbocycles. The molecule has 18 heavy (non-hydrogen) atoms. The van der Waals surface area contributed by atoms with Gasteiger partial charge in [0.15, 0.2) is 5.82 Å². The highest BCUT2D eigenvalue weighted by Crippen LogP contribution is 2.09. The van der Waals surface area contributed by atoms with Crippen LogP contribution in [0.3, 0.4) is 0 Å². The van der Waals surface area contributed by atoms with Crippen LogP contribution in [0.15, 0.2) is 18.3 Å². The number of nitrogens with one attached hydrogen (secondary N) is 2. The standard InChI is InChI=1S/C9H15N5O3S/c10-14-8-7(3-1-4-12-8)9(15)13-5-2-6-18(11,16)17/h1,3-4H,2,5-6,10H2,(H,12,14)(H,13,15)(H2,11,16,17). The first kappa shape index (κ1) is 14.4. The highest BCUT2D eigenvalue weighted by molar-refractivity contribution is 7.89. The van der Waals surface area contributed by atoms with E-state index >= 15 is 0 Å². The zero-order chi connectivity index (χ0) is 13.6. The molecule has 0 aliphatic rings. The highest BCUT2D eigenvalue weighted by atomic mass is 32.2. The monoisotopic (exact) mass is 273 g/mol. The van der Waals surface area contributed by atoms with Crippen molar-refractivity contribution in [1.29, 1.82) is 0 Å². The van der Waals surface area contributed by atoms with Crippen LogP contribution < -0.4 is 21.7 Å². The Morgan fingerprint density at radius 1 is 1.44 bits per heavy atom. The van der Waals surface area contributed by atoms with Crippen molar-refractivity contribution >= 4 is 21.7 Å². The molecule has 1 heterocycles. The van der Waals surface area contributed by atoms with Crippen molar-refractivity contribution in [2.75, 3.05) is 17.7 Å². The average molecular weight is 273 g/mol. The second-order valence-corrected chi connectivity index (χ2v) is 5.25. The SMILES string of the molecule is NNc1ncccc1C(=O)NCCCS(N)(=O)=O. The Hall–Kier alpha value is -1.71. The summed E-state index contributed by atoms with van der Waals surface area (Å²) in [5.41, 5.74) is 2.59. The molecule has 0 fully saturated rings. The molecule has 1 amide bonds. The fourth-order valence-electron chi connectivity index (χ4n) is 1.27. The van der Waals surface area contributed by atoms with E-state index in [0.29, 0.717) is 0 Å². The van der Waals surface area contributed by atoms with Gasteiger partial charge >= 0.3 is 0 Å². The predicted octanol–water partition coefficient (Wildman–Crippen LogP) is -1.22. The fourth-order valence-corrected chi connectivity index (χ4v) is 1.82. The van der Waals surface area contributed by atoms with Crippen LogP contribution in [-0.4, -0.2) is 31.6 Å². The number of carbonyl (C=O) groups excluding carboxylic acids is 1. The Balaban J connectivity index is 2.51. The molecule has 0 spiro atoms. The molecular formula is C9H15N5O3S. The van der Waals surface area contributed by atoms with E-state index in [2.05, 4.69) is 15.7 Å². The fraction of sp³-hybridized carbons (Fsp3) is 0.333. The number of nitrogens with zero attached hydrogens (tertiary/aromatic N) is 1. The number of amides is 1. The van der Waals surface area contributed by atoms with Gasteiger partial charge in [-0.3, -0.25) is 4.79 Å². The van der Waals surface area contributed by atoms with E-state index in [1.165, 1.54) is 6.20 Å². The summed E-state index contributed by atoms with van der Waals surface area (Å²) in [6, 6.07) is 3.15. The van der Waals surface area contributed by atoms with Gasteiger partial charge in [-0.05, 0) is 18.6 Å². The number of rotatable bonds is 6. The molecule has 0 bridgehead atoms. The summed E-state index contributed by atoms with van der Waals surface area (Å²) >= 11 is 0. The van der Waals surface area contributed by atoms with Crippen molar-refractivity contribution in [3.63, 3.8) is 0 Å². The Kier molecular flexibility index (Phi) is 5.01. The normalized spacial score (nSPS) is 11.0. The van der Waals surface area contributed by atoms with E-state index in [-0.39, 0.29) is 36.0 Å². The zero-order valence-electron chi connectivity index (χ0n) is 9.59. The molecule has 0 radical (unpaired) electrons. The van der Waals surface area contributed by atoms with Crippen molar-refractivity contribution in [2.24, 2.45) is 11.0 Å². The third-order valence-corrected chi connectivity index (χ3v) is 2.94. The topological polar surface area (TPSA) is 140 Å². The van der Waals surface area contributed by atoms with Crippen molar-refractivity contribution in [3.8, 4) is 0 Å². The number of sulfonamides is 1. The highest BCUT2D eigenvalue weighted by Gasteiger charge is 2.11. The Labute approximate surface area is 105 Å². The van der Waals surface area contributed by atoms with Gasteiger partial charge in [0.1, 0.15) is 0 Å². The van der Waals surface area contributed by atoms with Gasteiger partial charge in [-0.25, -0.2) is 24.4 Å². The third kappa shape index (κ3) is 4.65. The average Bonchev–Trinajstić information content (AvgIpc) is 2.33. The first-order valence-electron chi connectivity index (χ1n) is 5.14. The number of primary sulfonamides is 1. The number of aromatic nitrogens is 1. The molecule has 0 saturated heterocycles. The molecule has 1 aromatic rings. The number of pyridine rings is 1. The van der Waals surface area contributed by atoms with Gasteiger partial charge in [-0.1, -0.05) is 0 Å². The molecule has 0 aliphatic heterocycles. The first-order chi connectivity index (χ1) is 8.44. The van der Waals surface area contributed by atoms with E-state index in [1.54, 1.807) is 12.1 Å². The molecule has 0 aliphatic carbocycles. The number of anilines is 1. The van der Waals surface area contributed by atoms with Crippen molar-refractivity contribution < 1.29 is 13.2 Å². The molecule has 100 valence electrons. The maximum atomic E-state index is 11.7. The lowest BCUT2D eigenvalue weighted by atomic mass is 10.2. The lowest BCUT2D eigenvalue weighted by molar-refractivity contribution is 0.0954. The van der Waals surface area contributed by atoms with Gasteiger partial charge in [0.2, 0.25) is 10.0 Å². The second-order valence-electron chi connectivity index (χ2n) is 3.52. The Morgan fingerprint density at radius 3 is 2.78 bits per heavy atom. The zero-order valence-corrected chi connectivity index (χ0v) is 10.4. The van der Waals surface area contributed by atoms with Gasteiger partial charge in [0, 0.05) is 12.7 Å². The third-order valence-electron chi connectivity index (χ3n) is 2.08. The quantitative estimate of drug-likeness (QED) is 0.291. The molecule has 9 heteroatoms. The minimum atomic E-state index is -3.50. The van der Waals surface area contributed by atoms with Crippen LogP contribution in [0.1, 0.15) is 16.8 Å². The van der Waals surface area contributed by atoms with E-state index in [1.807, 2.05) is 0 Å². The molecule has 1 aromatic heterocycles. The Bertz CT molecular complexity index is 517. The molecule has 8 nitrogen and oxygen atoms in total. The summed E-state index contributed by atoms with van der Waals surface area (Å²) in [4.78, 5) is 15.6. The number of nitrogens with two attached hydrogens (primary N) is 2. The first-order valence-corrected chi connectivity index (χ1v) is 6.86. The van der Waals surface area contributed by atoms with Crippen LogP contribution in [0, 0.1) is 0 Å². The van der Waals surface area contributed by atoms with E-state index in [0.717, 1.165) is 0 Å². The van der Waals surface area contributed by atoms with E-state index in [9.17, 15) is 13.2 Å². The van der Waals surface area contributed by atoms with Crippen LogP contribution in [0.4, 0.5) is 5.82 Å². The van der Waals surface area contributed by atoms with Gasteiger partial charge in [-0.15, -0.1) is 0 Å². The van der Waals surface area contributed by atoms with Crippen LogP contribution in [0.2, 0.25) is 0 Å². The van der Waals surface area contributed by atoms with Crippen LogP contribution >= 0.6 is 0 Å². The number of carbonyl (C=O) groups is 1. The summed E-state index contributed by atoms with van der Waals surface area (Å²) in [6.45, 7) is 0.203. The smallest absolute Gasteiger partial charge is 0.255 e. The molecule has 0 aromatic carbocycles. The summed E-state index contributed by atoms with van der Waals surface area (Å²) in [5.74, 6) is 4.90. The molecular weight excluding hydrogens is 258 g/mol. The van der Waals surface area contributed by atoms with Crippen LogP contribution in [0.25, 0.3) is 0 Å². The summed E-state index contributed by atoms with van der Waals surface area (Å²) < 4.78 is 21.3. The summed E-state index contributed by atoms with van der Waals surface area (Å²) in [6.07, 6.45) is 1.74. The summed E-state index contributed by atoms with van der Waals surface area (Å²) in [7, 11) is -3.50. The van der Waals surface area contributed by atoms with Crippen molar-refractivity contribution in [2.45, 2.75) is 6.42 Å². The van der Waals surface area contributed by atoms with Crippen molar-refractivity contribution in [1.82, 2.24) is 10.3 Å². The molecule has 0 unspecified atom stereocenters. The van der Waals surface area contributed by atoms with Crippen LogP contribution in [0.5, 0.6) is 0 Å². The van der Waals surface area contributed by atoms with E-state index in [4.69, 9.17) is 11.0 Å². The molecule has 0 atom stereocenters. The van der Waals surface area contributed by atoms with Crippen LogP contribution in [-0.2, 0) is 10.0 Å². The minimum absolute atomic E-state index is 0.178. The number of hydrogen-bond donors (Lipinski definition) is 4.